The normalized spacial score (nSPS) is 10.8. The lowest BCUT2D eigenvalue weighted by molar-refractivity contribution is 0.439. The highest BCUT2D eigenvalue weighted by Gasteiger charge is 2.19. The molecular weight excluding hydrogens is 352 g/mol. The van der Waals surface area contributed by atoms with Crippen LogP contribution in [-0.4, -0.2) is 5.16 Å². The zero-order valence-corrected chi connectivity index (χ0v) is 13.6. The number of hydrogen-bond donors (Lipinski definition) is 1. The van der Waals surface area contributed by atoms with Gasteiger partial charge in [-0.05, 0) is 36.2 Å². The van der Waals surface area contributed by atoms with Gasteiger partial charge in [0.05, 0.1) is 5.56 Å². The molecule has 3 nitrogen and oxygen atoms in total. The predicted octanol–water partition coefficient (Wildman–Crippen LogP) is 5.32. The molecule has 0 bridgehead atoms. The Morgan fingerprint density at radius 3 is 2.67 bits per heavy atom. The fourth-order valence-corrected chi connectivity index (χ4v) is 3.16. The molecule has 0 atom stereocenters. The number of halogens is 2. The predicted molar refractivity (Wildman–Crippen MR) is 89.2 cm³/mol. The van der Waals surface area contributed by atoms with Crippen LogP contribution in [0.5, 0.6) is 0 Å². The molecule has 0 saturated heterocycles. The van der Waals surface area contributed by atoms with Crippen molar-refractivity contribution in [2.75, 3.05) is 5.73 Å². The molecule has 0 fully saturated rings. The maximum atomic E-state index is 6.12. The minimum atomic E-state index is 0.301. The van der Waals surface area contributed by atoms with Gasteiger partial charge in [-0.25, -0.2) is 0 Å². The highest BCUT2D eigenvalue weighted by molar-refractivity contribution is 9.10. The quantitative estimate of drug-likeness (QED) is 0.671. The number of aromatic nitrogens is 1. The molecular formula is C16H12BrClN2O. The molecule has 106 valence electrons. The summed E-state index contributed by atoms with van der Waals surface area (Å²) in [5.41, 5.74) is 10.4. The summed E-state index contributed by atoms with van der Waals surface area (Å²) in [6, 6.07) is 13.6. The number of nitrogens with zero attached hydrogens (tertiary/aromatic N) is 1. The molecule has 0 unspecified atom stereocenters. The van der Waals surface area contributed by atoms with E-state index in [0.29, 0.717) is 16.6 Å². The minimum absolute atomic E-state index is 0.301. The van der Waals surface area contributed by atoms with Crippen LogP contribution in [-0.2, 0) is 0 Å². The van der Waals surface area contributed by atoms with Gasteiger partial charge in [0, 0.05) is 15.1 Å². The lowest BCUT2D eigenvalue weighted by Crippen LogP contribution is -1.90. The summed E-state index contributed by atoms with van der Waals surface area (Å²) >= 11 is 9.56. The Morgan fingerprint density at radius 2 is 1.95 bits per heavy atom. The van der Waals surface area contributed by atoms with Gasteiger partial charge < -0.3 is 10.3 Å². The van der Waals surface area contributed by atoms with Crippen molar-refractivity contribution in [3.05, 3.63) is 57.5 Å². The molecule has 2 aromatic carbocycles. The summed E-state index contributed by atoms with van der Waals surface area (Å²) in [6.07, 6.45) is 0. The minimum Gasteiger partial charge on any atom is -0.367 e. The van der Waals surface area contributed by atoms with Crippen LogP contribution in [0, 0.1) is 6.92 Å². The van der Waals surface area contributed by atoms with Crippen LogP contribution >= 0.6 is 27.5 Å². The van der Waals surface area contributed by atoms with Crippen molar-refractivity contribution in [3.8, 4) is 22.4 Å². The monoisotopic (exact) mass is 362 g/mol. The number of rotatable bonds is 2. The topological polar surface area (TPSA) is 52.0 Å². The molecule has 0 aliphatic carbocycles. The van der Waals surface area contributed by atoms with E-state index in [2.05, 4.69) is 21.1 Å². The summed E-state index contributed by atoms with van der Waals surface area (Å²) in [5, 5.41) is 4.73. The number of nitrogens with two attached hydrogens (primary N) is 1. The van der Waals surface area contributed by atoms with E-state index in [1.54, 1.807) is 0 Å². The number of aryl methyl sites for hydroxylation is 1. The first kappa shape index (κ1) is 14.2. The molecule has 0 saturated carbocycles. The van der Waals surface area contributed by atoms with E-state index in [1.165, 1.54) is 0 Å². The van der Waals surface area contributed by atoms with Gasteiger partial charge in [-0.3, -0.25) is 0 Å². The van der Waals surface area contributed by atoms with Crippen molar-refractivity contribution >= 4 is 33.4 Å². The van der Waals surface area contributed by atoms with Gasteiger partial charge in [-0.2, -0.15) is 0 Å². The largest absolute Gasteiger partial charge is 0.367 e. The smallest absolute Gasteiger partial charge is 0.230 e. The van der Waals surface area contributed by atoms with Crippen LogP contribution in [0.25, 0.3) is 22.4 Å². The van der Waals surface area contributed by atoms with Gasteiger partial charge in [0.25, 0.3) is 0 Å². The van der Waals surface area contributed by atoms with Crippen molar-refractivity contribution in [3.63, 3.8) is 0 Å². The van der Waals surface area contributed by atoms with Crippen molar-refractivity contribution in [2.45, 2.75) is 6.92 Å². The molecule has 0 spiro atoms. The molecule has 1 heterocycles. The van der Waals surface area contributed by atoms with Crippen LogP contribution in [0.4, 0.5) is 5.88 Å². The first-order valence-electron chi connectivity index (χ1n) is 6.34. The maximum absolute atomic E-state index is 6.12. The van der Waals surface area contributed by atoms with E-state index in [0.717, 1.165) is 26.7 Å². The van der Waals surface area contributed by atoms with Crippen molar-refractivity contribution in [1.29, 1.82) is 0 Å². The third kappa shape index (κ3) is 2.69. The molecule has 3 aromatic rings. The molecule has 0 aliphatic heterocycles. The molecule has 0 amide bonds. The van der Waals surface area contributed by atoms with Crippen molar-refractivity contribution in [2.24, 2.45) is 0 Å². The zero-order valence-electron chi connectivity index (χ0n) is 11.2. The second-order valence-corrected chi connectivity index (χ2v) is 6.10. The third-order valence-corrected chi connectivity index (χ3v) is 3.94. The second-order valence-electron chi connectivity index (χ2n) is 4.74. The average molecular weight is 364 g/mol. The SMILES string of the molecule is Cc1ccccc1-c1c(-c2cc(Cl)cc(Br)c2)noc1N. The fraction of sp³-hybridized carbons (Fsp3) is 0.0625. The Bertz CT molecular complexity index is 794. The Kier molecular flexibility index (Phi) is 3.74. The lowest BCUT2D eigenvalue weighted by Gasteiger charge is -2.07. The van der Waals surface area contributed by atoms with Crippen LogP contribution in [0.2, 0.25) is 5.02 Å². The Balaban J connectivity index is 2.24. The average Bonchev–Trinajstić information content (AvgIpc) is 2.80. The van der Waals surface area contributed by atoms with Gasteiger partial charge in [-0.15, -0.1) is 0 Å². The first-order chi connectivity index (χ1) is 10.1. The highest BCUT2D eigenvalue weighted by atomic mass is 79.9. The molecule has 21 heavy (non-hydrogen) atoms. The van der Waals surface area contributed by atoms with Gasteiger partial charge in [0.1, 0.15) is 5.69 Å². The molecule has 3 rings (SSSR count). The standard InChI is InChI=1S/C16H12BrClN2O/c1-9-4-2-3-5-13(9)14-15(20-21-16(14)19)10-6-11(17)8-12(18)7-10/h2-8H,19H2,1H3. The zero-order chi connectivity index (χ0) is 15.0. The van der Waals surface area contributed by atoms with E-state index in [4.69, 9.17) is 21.9 Å². The Hall–Kier alpha value is -1.78. The molecule has 0 radical (unpaired) electrons. The van der Waals surface area contributed by atoms with Crippen LogP contribution in [0.1, 0.15) is 5.56 Å². The third-order valence-electron chi connectivity index (χ3n) is 3.27. The summed E-state index contributed by atoms with van der Waals surface area (Å²) in [5.74, 6) is 0.301. The second kappa shape index (κ2) is 5.54. The van der Waals surface area contributed by atoms with E-state index >= 15 is 0 Å². The first-order valence-corrected chi connectivity index (χ1v) is 7.51. The summed E-state index contributed by atoms with van der Waals surface area (Å²) in [7, 11) is 0. The van der Waals surface area contributed by atoms with Crippen LogP contribution in [0.3, 0.4) is 0 Å². The molecule has 0 aliphatic rings. The highest BCUT2D eigenvalue weighted by Crippen LogP contribution is 2.39. The molecule has 1 aromatic heterocycles. The van der Waals surface area contributed by atoms with Gasteiger partial charge >= 0.3 is 0 Å². The van der Waals surface area contributed by atoms with Gasteiger partial charge in [-0.1, -0.05) is 57.0 Å². The molecule has 5 heteroatoms. The van der Waals surface area contributed by atoms with E-state index in [-0.39, 0.29) is 0 Å². The summed E-state index contributed by atoms with van der Waals surface area (Å²) in [4.78, 5) is 0. The van der Waals surface area contributed by atoms with E-state index < -0.39 is 0 Å². The fourth-order valence-electron chi connectivity index (χ4n) is 2.30. The van der Waals surface area contributed by atoms with E-state index in [9.17, 15) is 0 Å². The van der Waals surface area contributed by atoms with Crippen LogP contribution < -0.4 is 5.73 Å². The molecule has 2 N–H and O–H groups in total. The number of benzene rings is 2. The number of nitrogen functional groups attached to an aromatic ring is 1. The summed E-state index contributed by atoms with van der Waals surface area (Å²) in [6.45, 7) is 2.03. The summed E-state index contributed by atoms with van der Waals surface area (Å²) < 4.78 is 6.09. The Morgan fingerprint density at radius 1 is 1.19 bits per heavy atom. The Labute approximate surface area is 135 Å². The van der Waals surface area contributed by atoms with Gasteiger partial charge in [0.2, 0.25) is 5.88 Å². The van der Waals surface area contributed by atoms with E-state index in [1.807, 2.05) is 49.4 Å². The van der Waals surface area contributed by atoms with Gasteiger partial charge in [0.15, 0.2) is 0 Å². The van der Waals surface area contributed by atoms with Crippen molar-refractivity contribution < 1.29 is 4.52 Å². The maximum Gasteiger partial charge on any atom is 0.230 e. The number of hydrogen-bond acceptors (Lipinski definition) is 3. The van der Waals surface area contributed by atoms with Crippen molar-refractivity contribution in [1.82, 2.24) is 5.16 Å². The van der Waals surface area contributed by atoms with Crippen LogP contribution in [0.15, 0.2) is 51.5 Å². The lowest BCUT2D eigenvalue weighted by atomic mass is 9.97. The number of anilines is 1.